The lowest BCUT2D eigenvalue weighted by Crippen LogP contribution is -2.42. The van der Waals surface area contributed by atoms with Gasteiger partial charge in [-0.1, -0.05) is 0 Å². The molecule has 5 heteroatoms. The molecule has 0 spiro atoms. The fraction of sp³-hybridized carbons (Fsp3) is 0.900. The molecule has 4 nitrogen and oxygen atoms in total. The summed E-state index contributed by atoms with van der Waals surface area (Å²) in [7, 11) is 1.87. The molecule has 0 unspecified atom stereocenters. The molecule has 0 atom stereocenters. The summed E-state index contributed by atoms with van der Waals surface area (Å²) in [6, 6.07) is 1.01. The number of likely N-dealkylation sites (N-methyl/N-ethyl adjacent to an activating group) is 1. The second-order valence-corrected chi connectivity index (χ2v) is 4.47. The number of halogens is 1. The largest absolute Gasteiger partial charge is 0.328 e. The van der Waals surface area contributed by atoms with Crippen LogP contribution in [0.25, 0.3) is 0 Å². The molecule has 15 heavy (non-hydrogen) atoms. The zero-order chi connectivity index (χ0) is 10.1. The Kier molecular flexibility index (Phi) is 4.22. The van der Waals surface area contributed by atoms with Crippen LogP contribution in [0.4, 0.5) is 4.79 Å². The van der Waals surface area contributed by atoms with Crippen molar-refractivity contribution >= 4 is 18.4 Å². The van der Waals surface area contributed by atoms with Gasteiger partial charge in [0.15, 0.2) is 0 Å². The summed E-state index contributed by atoms with van der Waals surface area (Å²) in [5.74, 6) is 0. The van der Waals surface area contributed by atoms with Crippen molar-refractivity contribution in [2.45, 2.75) is 37.8 Å². The van der Waals surface area contributed by atoms with Gasteiger partial charge in [0.05, 0.1) is 0 Å². The quantitative estimate of drug-likeness (QED) is 0.736. The van der Waals surface area contributed by atoms with Crippen molar-refractivity contribution < 1.29 is 4.79 Å². The Bertz CT molecular complexity index is 229. The van der Waals surface area contributed by atoms with Gasteiger partial charge in [0.1, 0.15) is 0 Å². The Morgan fingerprint density at radius 3 is 2.27 bits per heavy atom. The van der Waals surface area contributed by atoms with E-state index in [0.29, 0.717) is 12.1 Å². The van der Waals surface area contributed by atoms with Gasteiger partial charge in [-0.2, -0.15) is 0 Å². The molecule has 2 fully saturated rings. The van der Waals surface area contributed by atoms with Gasteiger partial charge in [-0.05, 0) is 25.7 Å². The van der Waals surface area contributed by atoms with Gasteiger partial charge in [-0.15, -0.1) is 12.4 Å². The number of urea groups is 1. The van der Waals surface area contributed by atoms with Crippen molar-refractivity contribution in [1.29, 1.82) is 0 Å². The summed E-state index contributed by atoms with van der Waals surface area (Å²) in [4.78, 5) is 15.5. The third-order valence-electron chi connectivity index (χ3n) is 3.43. The fourth-order valence-electron chi connectivity index (χ4n) is 2.42. The molecule has 1 aliphatic carbocycles. The molecular weight excluding hydrogens is 214 g/mol. The lowest BCUT2D eigenvalue weighted by atomic mass is 9.91. The highest BCUT2D eigenvalue weighted by Crippen LogP contribution is 2.24. The third kappa shape index (κ3) is 2.55. The molecule has 2 aliphatic rings. The van der Waals surface area contributed by atoms with E-state index in [-0.39, 0.29) is 18.4 Å². The monoisotopic (exact) mass is 233 g/mol. The van der Waals surface area contributed by atoms with Gasteiger partial charge in [-0.3, -0.25) is 0 Å². The van der Waals surface area contributed by atoms with Crippen LogP contribution in [0.3, 0.4) is 0 Å². The van der Waals surface area contributed by atoms with Gasteiger partial charge in [-0.25, -0.2) is 4.79 Å². The highest BCUT2D eigenvalue weighted by molar-refractivity contribution is 5.85. The minimum absolute atomic E-state index is 0. The third-order valence-corrected chi connectivity index (χ3v) is 3.43. The van der Waals surface area contributed by atoms with Gasteiger partial charge in [0, 0.05) is 32.2 Å². The molecule has 0 radical (unpaired) electrons. The number of hydrogen-bond donors (Lipinski definition) is 1. The Balaban J connectivity index is 0.00000112. The normalized spacial score (nSPS) is 31.7. The molecular formula is C10H20ClN3O. The molecule has 2 rings (SSSR count). The van der Waals surface area contributed by atoms with E-state index < -0.39 is 0 Å². The first-order valence-corrected chi connectivity index (χ1v) is 5.46. The minimum atomic E-state index is 0. The Morgan fingerprint density at radius 2 is 1.80 bits per heavy atom. The highest BCUT2D eigenvalue weighted by Gasteiger charge is 2.33. The molecule has 2 N–H and O–H groups in total. The SMILES string of the molecule is CN1CCN(C2CCC(N)CC2)C1=O.Cl. The number of hydrogen-bond acceptors (Lipinski definition) is 2. The van der Waals surface area contributed by atoms with Crippen molar-refractivity contribution in [2.24, 2.45) is 5.73 Å². The first kappa shape index (κ1) is 12.6. The van der Waals surface area contributed by atoms with Crippen LogP contribution in [0, 0.1) is 0 Å². The number of nitrogens with two attached hydrogens (primary N) is 1. The van der Waals surface area contributed by atoms with Crippen LogP contribution in [-0.4, -0.2) is 48.1 Å². The van der Waals surface area contributed by atoms with Gasteiger partial charge >= 0.3 is 6.03 Å². The van der Waals surface area contributed by atoms with E-state index in [2.05, 4.69) is 0 Å². The lowest BCUT2D eigenvalue weighted by molar-refractivity contribution is 0.164. The van der Waals surface area contributed by atoms with Crippen molar-refractivity contribution in [3.05, 3.63) is 0 Å². The average molecular weight is 234 g/mol. The summed E-state index contributed by atoms with van der Waals surface area (Å²) in [6.07, 6.45) is 4.30. The number of rotatable bonds is 1. The molecule has 88 valence electrons. The van der Waals surface area contributed by atoms with Crippen LogP contribution >= 0.6 is 12.4 Å². The zero-order valence-electron chi connectivity index (χ0n) is 9.19. The van der Waals surface area contributed by atoms with Crippen LogP contribution in [0.1, 0.15) is 25.7 Å². The van der Waals surface area contributed by atoms with E-state index in [4.69, 9.17) is 5.73 Å². The maximum Gasteiger partial charge on any atom is 0.320 e. The second kappa shape index (κ2) is 5.03. The van der Waals surface area contributed by atoms with Crippen molar-refractivity contribution in [3.8, 4) is 0 Å². The zero-order valence-corrected chi connectivity index (χ0v) is 10.0. The molecule has 0 aromatic rings. The van der Waals surface area contributed by atoms with E-state index in [9.17, 15) is 4.79 Å². The van der Waals surface area contributed by atoms with Crippen molar-refractivity contribution in [1.82, 2.24) is 9.80 Å². The maximum atomic E-state index is 11.7. The predicted octanol–water partition coefficient (Wildman–Crippen LogP) is 1.05. The van der Waals surface area contributed by atoms with Gasteiger partial charge < -0.3 is 15.5 Å². The minimum Gasteiger partial charge on any atom is -0.328 e. The number of carbonyl (C=O) groups excluding carboxylic acids is 1. The van der Waals surface area contributed by atoms with E-state index in [1.165, 1.54) is 0 Å². The Morgan fingerprint density at radius 1 is 1.20 bits per heavy atom. The number of carbonyl (C=O) groups is 1. The Hall–Kier alpha value is -0.480. The number of nitrogens with zero attached hydrogens (tertiary/aromatic N) is 2. The van der Waals surface area contributed by atoms with E-state index in [1.54, 1.807) is 4.90 Å². The predicted molar refractivity (Wildman–Crippen MR) is 62.2 cm³/mol. The standard InChI is InChI=1S/C10H19N3O.ClH/c1-12-6-7-13(10(12)14)9-4-2-8(11)3-5-9;/h8-9H,2-7,11H2,1H3;1H. The molecule has 1 saturated heterocycles. The smallest absolute Gasteiger partial charge is 0.320 e. The molecule has 0 aromatic carbocycles. The van der Waals surface area contributed by atoms with Crippen LogP contribution in [0.2, 0.25) is 0 Å². The highest BCUT2D eigenvalue weighted by atomic mass is 35.5. The van der Waals surface area contributed by atoms with Gasteiger partial charge in [0.2, 0.25) is 0 Å². The molecule has 1 saturated carbocycles. The maximum absolute atomic E-state index is 11.7. The summed E-state index contributed by atoms with van der Waals surface area (Å²) in [5, 5.41) is 0. The van der Waals surface area contributed by atoms with E-state index in [0.717, 1.165) is 38.8 Å². The van der Waals surface area contributed by atoms with Crippen molar-refractivity contribution in [3.63, 3.8) is 0 Å². The summed E-state index contributed by atoms with van der Waals surface area (Å²) in [5.41, 5.74) is 5.84. The van der Waals surface area contributed by atoms with E-state index in [1.807, 2.05) is 11.9 Å². The first-order valence-electron chi connectivity index (χ1n) is 5.46. The van der Waals surface area contributed by atoms with Gasteiger partial charge in [0.25, 0.3) is 0 Å². The van der Waals surface area contributed by atoms with Crippen molar-refractivity contribution in [2.75, 3.05) is 20.1 Å². The van der Waals surface area contributed by atoms with Crippen LogP contribution in [0.15, 0.2) is 0 Å². The second-order valence-electron chi connectivity index (χ2n) is 4.47. The average Bonchev–Trinajstić information content (AvgIpc) is 2.50. The fourth-order valence-corrected chi connectivity index (χ4v) is 2.42. The summed E-state index contributed by atoms with van der Waals surface area (Å²) in [6.45, 7) is 1.77. The lowest BCUT2D eigenvalue weighted by Gasteiger charge is -2.32. The topological polar surface area (TPSA) is 49.6 Å². The molecule has 0 bridgehead atoms. The van der Waals surface area contributed by atoms with Crippen LogP contribution in [-0.2, 0) is 0 Å². The first-order chi connectivity index (χ1) is 6.68. The molecule has 2 amide bonds. The van der Waals surface area contributed by atoms with Crippen LogP contribution < -0.4 is 5.73 Å². The van der Waals surface area contributed by atoms with Crippen LogP contribution in [0.5, 0.6) is 0 Å². The Labute approximate surface area is 97.2 Å². The van der Waals surface area contributed by atoms with E-state index >= 15 is 0 Å². The summed E-state index contributed by atoms with van der Waals surface area (Å²) < 4.78 is 0. The number of amides is 2. The molecule has 0 aromatic heterocycles. The molecule has 1 heterocycles. The molecule has 1 aliphatic heterocycles. The summed E-state index contributed by atoms with van der Waals surface area (Å²) >= 11 is 0.